The Morgan fingerprint density at radius 1 is 1.23 bits per heavy atom. The Labute approximate surface area is 129 Å². The molecule has 118 valence electrons. The normalized spacial score (nSPS) is 11.2. The number of nitrogens with one attached hydrogen (secondary N) is 1. The first-order valence-corrected chi connectivity index (χ1v) is 8.65. The van der Waals surface area contributed by atoms with Crippen LogP contribution in [0.5, 0.6) is 0 Å². The number of carbonyl (C=O) groups is 1. The Morgan fingerprint density at radius 3 is 2.41 bits per heavy atom. The van der Waals surface area contributed by atoms with Gasteiger partial charge in [0.15, 0.2) is 0 Å². The number of nitrogens with zero attached hydrogens (tertiary/aromatic N) is 1. The summed E-state index contributed by atoms with van der Waals surface area (Å²) < 4.78 is 29.7. The van der Waals surface area contributed by atoms with E-state index in [-0.39, 0.29) is 5.91 Å². The van der Waals surface area contributed by atoms with E-state index in [9.17, 15) is 13.2 Å². The second-order valence-electron chi connectivity index (χ2n) is 4.74. The lowest BCUT2D eigenvalue weighted by atomic mass is 10.2. The van der Waals surface area contributed by atoms with Crippen LogP contribution in [-0.4, -0.2) is 27.1 Å². The van der Waals surface area contributed by atoms with E-state index in [4.69, 9.17) is 4.42 Å². The van der Waals surface area contributed by atoms with Crippen LogP contribution < -0.4 is 9.62 Å². The zero-order valence-electron chi connectivity index (χ0n) is 12.4. The zero-order valence-corrected chi connectivity index (χ0v) is 13.3. The van der Waals surface area contributed by atoms with Crippen molar-refractivity contribution in [3.63, 3.8) is 0 Å². The van der Waals surface area contributed by atoms with Crippen molar-refractivity contribution in [2.24, 2.45) is 0 Å². The fraction of sp³-hybridized carbons (Fsp3) is 0.267. The van der Waals surface area contributed by atoms with Gasteiger partial charge in [0, 0.05) is 12.1 Å². The molecule has 2 aromatic rings. The fourth-order valence-electron chi connectivity index (χ4n) is 2.07. The smallest absolute Gasteiger partial charge is 0.251 e. The summed E-state index contributed by atoms with van der Waals surface area (Å²) >= 11 is 0. The average molecular weight is 322 g/mol. The third-order valence-electron chi connectivity index (χ3n) is 3.11. The monoisotopic (exact) mass is 322 g/mol. The molecule has 0 saturated carbocycles. The largest absolute Gasteiger partial charge is 0.467 e. The van der Waals surface area contributed by atoms with Crippen LogP contribution in [0, 0.1) is 0 Å². The first kappa shape index (κ1) is 16.1. The molecule has 0 aliphatic heterocycles. The van der Waals surface area contributed by atoms with E-state index in [1.165, 1.54) is 4.31 Å². The SMILES string of the molecule is CCN(c1ccc(C(=O)NCc2ccco2)cc1)S(C)(=O)=O. The van der Waals surface area contributed by atoms with Crippen LogP contribution in [0.25, 0.3) is 0 Å². The van der Waals surface area contributed by atoms with Gasteiger partial charge in [0.2, 0.25) is 10.0 Å². The van der Waals surface area contributed by atoms with Gasteiger partial charge in [-0.15, -0.1) is 0 Å². The molecule has 7 heteroatoms. The maximum Gasteiger partial charge on any atom is 0.251 e. The summed E-state index contributed by atoms with van der Waals surface area (Å²) in [5.41, 5.74) is 0.993. The standard InChI is InChI=1S/C15H18N2O4S/c1-3-17(22(2,19)20)13-8-6-12(7-9-13)15(18)16-11-14-5-4-10-21-14/h4-10H,3,11H2,1-2H3,(H,16,18). The first-order chi connectivity index (χ1) is 10.4. The second kappa shape index (κ2) is 6.65. The zero-order chi connectivity index (χ0) is 16.2. The van der Waals surface area contributed by atoms with E-state index < -0.39 is 10.0 Å². The second-order valence-corrected chi connectivity index (χ2v) is 6.64. The molecular formula is C15H18N2O4S. The van der Waals surface area contributed by atoms with Gasteiger partial charge in [-0.05, 0) is 43.3 Å². The van der Waals surface area contributed by atoms with Crippen molar-refractivity contribution in [1.82, 2.24) is 5.32 Å². The quantitative estimate of drug-likeness (QED) is 0.882. The number of anilines is 1. The van der Waals surface area contributed by atoms with Crippen LogP contribution in [0.15, 0.2) is 47.1 Å². The maximum absolute atomic E-state index is 12.0. The van der Waals surface area contributed by atoms with Crippen LogP contribution in [0.3, 0.4) is 0 Å². The molecule has 22 heavy (non-hydrogen) atoms. The maximum atomic E-state index is 12.0. The lowest BCUT2D eigenvalue weighted by Gasteiger charge is -2.20. The Bertz CT molecular complexity index is 721. The van der Waals surface area contributed by atoms with Gasteiger partial charge in [-0.1, -0.05) is 0 Å². The third-order valence-corrected chi connectivity index (χ3v) is 4.38. The van der Waals surface area contributed by atoms with E-state index in [2.05, 4.69) is 5.32 Å². The minimum absolute atomic E-state index is 0.245. The van der Waals surface area contributed by atoms with Crippen LogP contribution in [0.4, 0.5) is 5.69 Å². The summed E-state index contributed by atoms with van der Waals surface area (Å²) in [6, 6.07) is 9.95. The van der Waals surface area contributed by atoms with Crippen molar-refractivity contribution >= 4 is 21.6 Å². The van der Waals surface area contributed by atoms with Crippen molar-refractivity contribution in [2.75, 3.05) is 17.1 Å². The molecule has 0 bridgehead atoms. The average Bonchev–Trinajstić information content (AvgIpc) is 2.98. The Kier molecular flexibility index (Phi) is 4.87. The number of amides is 1. The van der Waals surface area contributed by atoms with Crippen molar-refractivity contribution in [1.29, 1.82) is 0 Å². The Balaban J connectivity index is 2.06. The van der Waals surface area contributed by atoms with E-state index in [0.29, 0.717) is 30.1 Å². The molecule has 6 nitrogen and oxygen atoms in total. The molecule has 0 aliphatic carbocycles. The fourth-order valence-corrected chi connectivity index (χ4v) is 3.04. The summed E-state index contributed by atoms with van der Waals surface area (Å²) in [6.07, 6.45) is 2.70. The van der Waals surface area contributed by atoms with Crippen molar-refractivity contribution in [3.05, 3.63) is 54.0 Å². The number of benzene rings is 1. The minimum Gasteiger partial charge on any atom is -0.467 e. The summed E-state index contributed by atoms with van der Waals surface area (Å²) in [5.74, 6) is 0.421. The predicted molar refractivity (Wildman–Crippen MR) is 84.2 cm³/mol. The number of rotatable bonds is 6. The lowest BCUT2D eigenvalue weighted by Crippen LogP contribution is -2.29. The van der Waals surface area contributed by atoms with Crippen LogP contribution in [0.1, 0.15) is 23.0 Å². The molecule has 1 aromatic heterocycles. The molecule has 1 amide bonds. The van der Waals surface area contributed by atoms with Gasteiger partial charge in [0.1, 0.15) is 5.76 Å². The number of furan rings is 1. The van der Waals surface area contributed by atoms with Gasteiger partial charge in [-0.2, -0.15) is 0 Å². The van der Waals surface area contributed by atoms with E-state index >= 15 is 0 Å². The van der Waals surface area contributed by atoms with Gasteiger partial charge in [0.25, 0.3) is 5.91 Å². The van der Waals surface area contributed by atoms with Crippen LogP contribution in [0.2, 0.25) is 0 Å². The summed E-state index contributed by atoms with van der Waals surface area (Å²) in [7, 11) is -3.32. The molecule has 2 rings (SSSR count). The van der Waals surface area contributed by atoms with Crippen molar-refractivity contribution in [3.8, 4) is 0 Å². The molecular weight excluding hydrogens is 304 g/mol. The van der Waals surface area contributed by atoms with Gasteiger partial charge < -0.3 is 9.73 Å². The molecule has 1 aromatic carbocycles. The molecule has 1 N–H and O–H groups in total. The molecule has 0 radical (unpaired) electrons. The molecule has 0 unspecified atom stereocenters. The first-order valence-electron chi connectivity index (χ1n) is 6.80. The molecule has 0 atom stereocenters. The summed E-state index contributed by atoms with van der Waals surface area (Å²) in [5, 5.41) is 2.73. The topological polar surface area (TPSA) is 79.6 Å². The van der Waals surface area contributed by atoms with Crippen molar-refractivity contribution in [2.45, 2.75) is 13.5 Å². The molecule has 0 saturated heterocycles. The van der Waals surface area contributed by atoms with Gasteiger partial charge in [-0.25, -0.2) is 8.42 Å². The molecule has 0 fully saturated rings. The van der Waals surface area contributed by atoms with Crippen LogP contribution in [-0.2, 0) is 16.6 Å². The van der Waals surface area contributed by atoms with Gasteiger partial charge in [-0.3, -0.25) is 9.10 Å². The summed E-state index contributed by atoms with van der Waals surface area (Å²) in [6.45, 7) is 2.39. The summed E-state index contributed by atoms with van der Waals surface area (Å²) in [4.78, 5) is 12.0. The highest BCUT2D eigenvalue weighted by Gasteiger charge is 2.15. The van der Waals surface area contributed by atoms with Gasteiger partial charge in [0.05, 0.1) is 24.8 Å². The molecule has 1 heterocycles. The number of hydrogen-bond donors (Lipinski definition) is 1. The number of hydrogen-bond acceptors (Lipinski definition) is 4. The predicted octanol–water partition coefficient (Wildman–Crippen LogP) is 2.00. The minimum atomic E-state index is -3.32. The molecule has 0 spiro atoms. The molecule has 0 aliphatic rings. The third kappa shape index (κ3) is 3.88. The van der Waals surface area contributed by atoms with E-state index in [1.807, 2.05) is 0 Å². The highest BCUT2D eigenvalue weighted by Crippen LogP contribution is 2.18. The van der Waals surface area contributed by atoms with Crippen LogP contribution >= 0.6 is 0 Å². The number of carbonyl (C=O) groups excluding carboxylic acids is 1. The highest BCUT2D eigenvalue weighted by atomic mass is 32.2. The van der Waals surface area contributed by atoms with E-state index in [0.717, 1.165) is 6.26 Å². The Morgan fingerprint density at radius 2 is 1.91 bits per heavy atom. The number of sulfonamides is 1. The highest BCUT2D eigenvalue weighted by molar-refractivity contribution is 7.92. The lowest BCUT2D eigenvalue weighted by molar-refractivity contribution is 0.0948. The Hall–Kier alpha value is -2.28. The van der Waals surface area contributed by atoms with Gasteiger partial charge >= 0.3 is 0 Å². The van der Waals surface area contributed by atoms with E-state index in [1.54, 1.807) is 49.6 Å². The van der Waals surface area contributed by atoms with Crippen molar-refractivity contribution < 1.29 is 17.6 Å².